The summed E-state index contributed by atoms with van der Waals surface area (Å²) in [5, 5.41) is 0.546. The first kappa shape index (κ1) is 30.7. The van der Waals surface area contributed by atoms with Crippen LogP contribution in [0.1, 0.15) is 31.9 Å². The average molecular weight is 609 g/mol. The fourth-order valence-electron chi connectivity index (χ4n) is 3.97. The molecule has 1 heterocycles. The summed E-state index contributed by atoms with van der Waals surface area (Å²) >= 11 is 6.10. The van der Waals surface area contributed by atoms with E-state index in [0.717, 1.165) is 5.56 Å². The molecule has 1 amide bonds. The highest BCUT2D eigenvalue weighted by Crippen LogP contribution is 2.33. The summed E-state index contributed by atoms with van der Waals surface area (Å²) in [6, 6.07) is 21.1. The minimum Gasteiger partial charge on any atom is -0.443 e. The number of carbonyl (C=O) groups is 1. The van der Waals surface area contributed by atoms with Gasteiger partial charge in [-0.2, -0.15) is 0 Å². The van der Waals surface area contributed by atoms with Crippen LogP contribution in [-0.4, -0.2) is 35.4 Å². The Hall–Kier alpha value is -4.28. The van der Waals surface area contributed by atoms with Gasteiger partial charge in [-0.1, -0.05) is 54.1 Å². The number of sulfonamides is 1. The van der Waals surface area contributed by atoms with Gasteiger partial charge in [0.2, 0.25) is 5.96 Å². The summed E-state index contributed by atoms with van der Waals surface area (Å²) in [6.07, 6.45) is 0.344. The molecule has 1 aromatic heterocycles. The fourth-order valence-corrected chi connectivity index (χ4v) is 5.34. The molecule has 42 heavy (non-hydrogen) atoms. The zero-order chi connectivity index (χ0) is 30.7. The van der Waals surface area contributed by atoms with Crippen molar-refractivity contribution in [2.24, 2.45) is 10.7 Å². The highest BCUT2D eigenvalue weighted by molar-refractivity contribution is 7.90. The van der Waals surface area contributed by atoms with Crippen molar-refractivity contribution in [1.82, 2.24) is 9.29 Å². The van der Waals surface area contributed by atoms with Crippen LogP contribution in [-0.2, 0) is 21.3 Å². The molecule has 11 heteroatoms. The maximum atomic E-state index is 14.4. The summed E-state index contributed by atoms with van der Waals surface area (Å²) in [7, 11) is -4.44. The van der Waals surface area contributed by atoms with E-state index in [1.54, 1.807) is 64.1 Å². The molecule has 3 aromatic carbocycles. The van der Waals surface area contributed by atoms with Crippen LogP contribution in [0.2, 0.25) is 5.02 Å². The number of pyridine rings is 1. The molecular formula is C31H30ClFN4O4S. The Bertz CT molecular complexity index is 1740. The van der Waals surface area contributed by atoms with Gasteiger partial charge in [-0.15, -0.1) is 4.31 Å². The number of rotatable bonds is 6. The summed E-state index contributed by atoms with van der Waals surface area (Å²) in [4.78, 5) is 21.7. The molecule has 218 valence electrons. The van der Waals surface area contributed by atoms with Gasteiger partial charge in [-0.05, 0) is 80.8 Å². The third kappa shape index (κ3) is 7.13. The van der Waals surface area contributed by atoms with E-state index >= 15 is 0 Å². The van der Waals surface area contributed by atoms with Crippen LogP contribution in [0.3, 0.4) is 0 Å². The molecule has 0 radical (unpaired) electrons. The monoisotopic (exact) mass is 608 g/mol. The molecule has 0 aliphatic heterocycles. The molecule has 2 N–H and O–H groups in total. The lowest BCUT2D eigenvalue weighted by Crippen LogP contribution is -2.48. The van der Waals surface area contributed by atoms with E-state index in [1.165, 1.54) is 36.5 Å². The normalized spacial score (nSPS) is 12.2. The number of aromatic nitrogens is 1. The Kier molecular flexibility index (Phi) is 8.98. The number of nitrogens with two attached hydrogens (primary N) is 1. The van der Waals surface area contributed by atoms with Gasteiger partial charge >= 0.3 is 6.09 Å². The molecule has 0 unspecified atom stereocenters. The number of amides is 1. The van der Waals surface area contributed by atoms with Crippen molar-refractivity contribution in [3.8, 4) is 22.4 Å². The molecule has 0 atom stereocenters. The zero-order valence-electron chi connectivity index (χ0n) is 23.5. The molecule has 8 nitrogen and oxygen atoms in total. The van der Waals surface area contributed by atoms with Gasteiger partial charge in [-0.25, -0.2) is 22.6 Å². The van der Waals surface area contributed by atoms with Gasteiger partial charge in [0.25, 0.3) is 10.0 Å². The van der Waals surface area contributed by atoms with Crippen molar-refractivity contribution in [3.63, 3.8) is 0 Å². The third-order valence-corrected chi connectivity index (χ3v) is 7.95. The average Bonchev–Trinajstić information content (AvgIpc) is 2.93. The number of hydrogen-bond donors (Lipinski definition) is 1. The molecule has 0 saturated heterocycles. The quantitative estimate of drug-likeness (QED) is 0.187. The predicted octanol–water partition coefficient (Wildman–Crippen LogP) is 6.96. The lowest BCUT2D eigenvalue weighted by atomic mass is 9.97. The van der Waals surface area contributed by atoms with E-state index in [9.17, 15) is 17.6 Å². The Balaban J connectivity index is 1.75. The largest absolute Gasteiger partial charge is 0.443 e. The zero-order valence-corrected chi connectivity index (χ0v) is 25.1. The molecule has 0 bridgehead atoms. The minimum atomic E-state index is -4.44. The van der Waals surface area contributed by atoms with Gasteiger partial charge in [-0.3, -0.25) is 4.98 Å². The van der Waals surface area contributed by atoms with Gasteiger partial charge in [0.05, 0.1) is 17.1 Å². The SMILES string of the molecule is Cc1ccc(-c2ncc(CN=C(N)N(C(=O)OC(C)(C)C)S(=O)(=O)c3ccccc3)cc2-c2ccc(Cl)cc2)cc1F. The first-order valence-electron chi connectivity index (χ1n) is 12.9. The Morgan fingerprint density at radius 1 is 1.02 bits per heavy atom. The number of ether oxygens (including phenoxy) is 1. The van der Waals surface area contributed by atoms with Crippen molar-refractivity contribution < 1.29 is 22.3 Å². The topological polar surface area (TPSA) is 115 Å². The van der Waals surface area contributed by atoms with Crippen LogP contribution in [0, 0.1) is 12.7 Å². The lowest BCUT2D eigenvalue weighted by molar-refractivity contribution is 0.0463. The van der Waals surface area contributed by atoms with Crippen molar-refractivity contribution in [2.75, 3.05) is 0 Å². The Morgan fingerprint density at radius 3 is 2.29 bits per heavy atom. The third-order valence-electron chi connectivity index (χ3n) is 6.02. The fraction of sp³-hybridized carbons (Fsp3) is 0.194. The number of carbonyl (C=O) groups excluding carboxylic acids is 1. The minimum absolute atomic E-state index is 0.119. The summed E-state index contributed by atoms with van der Waals surface area (Å²) in [6.45, 7) is 6.38. The summed E-state index contributed by atoms with van der Waals surface area (Å²) in [5.74, 6) is -0.939. The van der Waals surface area contributed by atoms with Crippen LogP contribution in [0.15, 0.2) is 94.9 Å². The van der Waals surface area contributed by atoms with Gasteiger partial charge in [0.1, 0.15) is 11.4 Å². The second-order valence-corrected chi connectivity index (χ2v) is 12.7. The number of aryl methyl sites for hydroxylation is 1. The van der Waals surface area contributed by atoms with Crippen molar-refractivity contribution >= 4 is 33.7 Å². The summed E-state index contributed by atoms with van der Waals surface area (Å²) < 4.78 is 47.0. The molecule has 0 fully saturated rings. The summed E-state index contributed by atoms with van der Waals surface area (Å²) in [5.41, 5.74) is 8.75. The predicted molar refractivity (Wildman–Crippen MR) is 162 cm³/mol. The number of aliphatic imine (C=N–C) groups is 1. The van der Waals surface area contributed by atoms with E-state index in [-0.39, 0.29) is 17.3 Å². The van der Waals surface area contributed by atoms with Crippen LogP contribution in [0.25, 0.3) is 22.4 Å². The molecule has 0 saturated carbocycles. The Labute approximate surface area is 249 Å². The standard InChI is InChI=1S/C31H30ClFN4O4S/c1-20-10-11-23(17-27(20)33)28-26(22-12-14-24(32)15-13-22)16-21(18-35-28)19-36-29(34)37(30(38)41-31(2,3)4)42(39,40)25-8-6-5-7-9-25/h5-18H,19H2,1-4H3,(H2,34,36). The number of benzene rings is 3. The van der Waals surface area contributed by atoms with Crippen LogP contribution >= 0.6 is 11.6 Å². The van der Waals surface area contributed by atoms with E-state index in [1.807, 2.05) is 12.1 Å². The number of halogens is 2. The van der Waals surface area contributed by atoms with E-state index in [0.29, 0.717) is 37.3 Å². The second kappa shape index (κ2) is 12.3. The first-order chi connectivity index (χ1) is 19.8. The van der Waals surface area contributed by atoms with E-state index in [4.69, 9.17) is 22.1 Å². The number of guanidine groups is 1. The molecule has 0 aliphatic rings. The van der Waals surface area contributed by atoms with Crippen molar-refractivity contribution in [2.45, 2.75) is 44.7 Å². The first-order valence-corrected chi connectivity index (χ1v) is 14.7. The molecule has 0 aliphatic carbocycles. The molecule has 4 aromatic rings. The molecular weight excluding hydrogens is 579 g/mol. The van der Waals surface area contributed by atoms with Crippen LogP contribution in [0.5, 0.6) is 0 Å². The number of nitrogens with zero attached hydrogens (tertiary/aromatic N) is 3. The van der Waals surface area contributed by atoms with Gasteiger partial charge < -0.3 is 10.5 Å². The lowest BCUT2D eigenvalue weighted by Gasteiger charge is -2.26. The maximum absolute atomic E-state index is 14.4. The molecule has 4 rings (SSSR count). The second-order valence-electron chi connectivity index (χ2n) is 10.4. The smallest absolute Gasteiger partial charge is 0.431 e. The highest BCUT2D eigenvalue weighted by atomic mass is 35.5. The van der Waals surface area contributed by atoms with Gasteiger partial charge in [0.15, 0.2) is 0 Å². The highest BCUT2D eigenvalue weighted by Gasteiger charge is 2.36. The van der Waals surface area contributed by atoms with E-state index < -0.39 is 27.7 Å². The number of hydrogen-bond acceptors (Lipinski definition) is 6. The van der Waals surface area contributed by atoms with E-state index in [2.05, 4.69) is 9.98 Å². The molecule has 0 spiro atoms. The van der Waals surface area contributed by atoms with Gasteiger partial charge in [0, 0.05) is 22.3 Å². The van der Waals surface area contributed by atoms with Crippen molar-refractivity contribution in [1.29, 1.82) is 0 Å². The maximum Gasteiger partial charge on any atom is 0.431 e. The van der Waals surface area contributed by atoms with Crippen molar-refractivity contribution in [3.05, 3.63) is 107 Å². The van der Waals surface area contributed by atoms with Crippen LogP contribution < -0.4 is 5.73 Å². The van der Waals surface area contributed by atoms with Crippen LogP contribution in [0.4, 0.5) is 9.18 Å². The Morgan fingerprint density at radius 2 is 1.67 bits per heavy atom.